The van der Waals surface area contributed by atoms with Crippen molar-refractivity contribution in [2.75, 3.05) is 5.32 Å². The monoisotopic (exact) mass is 441 g/mol. The minimum atomic E-state index is -0.589. The number of pyridine rings is 3. The third-order valence-corrected chi connectivity index (χ3v) is 5.12. The van der Waals surface area contributed by atoms with Crippen LogP contribution in [0.3, 0.4) is 0 Å². The molecule has 0 radical (unpaired) electrons. The van der Waals surface area contributed by atoms with Gasteiger partial charge in [-0.1, -0.05) is 18.2 Å². The molecule has 5 rings (SSSR count). The first-order valence-corrected chi connectivity index (χ1v) is 10.2. The highest BCUT2D eigenvalue weighted by Gasteiger charge is 2.18. The minimum Gasteiger partial charge on any atom is -0.353 e. The average Bonchev–Trinajstić information content (AvgIpc) is 3.20. The smallest absolute Gasteiger partial charge is 0.229 e. The minimum absolute atomic E-state index is 0.0843. The second kappa shape index (κ2) is 8.58. The van der Waals surface area contributed by atoms with E-state index in [1.54, 1.807) is 48.8 Å². The number of carbonyl (C=O) groups is 1. The molecule has 0 saturated carbocycles. The standard InChI is InChI=1S/C25H17F2N5O/c26-17-6-4-15(5-7-17)13-22(33)32-21-14-16(10-12-29-21)24-23(18-3-1-2-11-28-18)25-19(30-24)8-9-20(27)31-25/h1-12,14,30H,13H2,(H,29,32,33). The number of hydrogen-bond acceptors (Lipinski definition) is 4. The van der Waals surface area contributed by atoms with Crippen LogP contribution in [0, 0.1) is 11.8 Å². The molecule has 0 saturated heterocycles. The summed E-state index contributed by atoms with van der Waals surface area (Å²) in [6.07, 6.45) is 3.32. The van der Waals surface area contributed by atoms with Gasteiger partial charge in [-0.15, -0.1) is 0 Å². The summed E-state index contributed by atoms with van der Waals surface area (Å²) in [4.78, 5) is 28.5. The van der Waals surface area contributed by atoms with E-state index in [0.717, 1.165) is 5.56 Å². The molecule has 0 aliphatic rings. The van der Waals surface area contributed by atoms with Crippen LogP contribution >= 0.6 is 0 Å². The zero-order valence-electron chi connectivity index (χ0n) is 17.2. The van der Waals surface area contributed by atoms with Gasteiger partial charge in [0, 0.05) is 18.0 Å². The van der Waals surface area contributed by atoms with E-state index >= 15 is 0 Å². The number of benzene rings is 1. The molecule has 162 valence electrons. The predicted molar refractivity (Wildman–Crippen MR) is 121 cm³/mol. The quantitative estimate of drug-likeness (QED) is 0.370. The molecule has 0 aliphatic carbocycles. The lowest BCUT2D eigenvalue weighted by molar-refractivity contribution is -0.115. The highest BCUT2D eigenvalue weighted by atomic mass is 19.1. The summed E-state index contributed by atoms with van der Waals surface area (Å²) >= 11 is 0. The fourth-order valence-corrected chi connectivity index (χ4v) is 3.65. The van der Waals surface area contributed by atoms with E-state index in [1.165, 1.54) is 18.2 Å². The topological polar surface area (TPSA) is 83.6 Å². The summed E-state index contributed by atoms with van der Waals surface area (Å²) in [5.41, 5.74) is 4.49. The molecule has 0 aliphatic heterocycles. The molecule has 4 heterocycles. The average molecular weight is 441 g/mol. The second-order valence-electron chi connectivity index (χ2n) is 7.40. The van der Waals surface area contributed by atoms with E-state index in [2.05, 4.69) is 25.3 Å². The molecule has 6 nitrogen and oxygen atoms in total. The van der Waals surface area contributed by atoms with Crippen LogP contribution in [-0.2, 0) is 11.2 Å². The lowest BCUT2D eigenvalue weighted by Gasteiger charge is -2.08. The van der Waals surface area contributed by atoms with Gasteiger partial charge in [-0.2, -0.15) is 4.39 Å². The fourth-order valence-electron chi connectivity index (χ4n) is 3.65. The molecule has 2 N–H and O–H groups in total. The third kappa shape index (κ3) is 4.31. The Bertz CT molecular complexity index is 1450. The molecular formula is C25H17F2N5O. The number of carbonyl (C=O) groups excluding carboxylic acids is 1. The van der Waals surface area contributed by atoms with E-state index in [9.17, 15) is 13.6 Å². The van der Waals surface area contributed by atoms with Crippen LogP contribution in [0.5, 0.6) is 0 Å². The van der Waals surface area contributed by atoms with E-state index in [4.69, 9.17) is 0 Å². The number of aromatic amines is 1. The molecule has 0 bridgehead atoms. The van der Waals surface area contributed by atoms with Crippen molar-refractivity contribution in [3.63, 3.8) is 0 Å². The summed E-state index contributed by atoms with van der Waals surface area (Å²) < 4.78 is 27.0. The summed E-state index contributed by atoms with van der Waals surface area (Å²) in [5.74, 6) is -0.875. The Morgan fingerprint density at radius 2 is 1.79 bits per heavy atom. The molecule has 0 atom stereocenters. The van der Waals surface area contributed by atoms with Gasteiger partial charge in [-0.25, -0.2) is 14.4 Å². The van der Waals surface area contributed by atoms with Crippen molar-refractivity contribution in [1.29, 1.82) is 0 Å². The predicted octanol–water partition coefficient (Wildman–Crippen LogP) is 5.15. The molecule has 1 aromatic carbocycles. The van der Waals surface area contributed by atoms with Crippen LogP contribution in [0.1, 0.15) is 5.56 Å². The van der Waals surface area contributed by atoms with Crippen molar-refractivity contribution in [1.82, 2.24) is 19.9 Å². The number of nitrogens with zero attached hydrogens (tertiary/aromatic N) is 3. The van der Waals surface area contributed by atoms with Gasteiger partial charge in [-0.05, 0) is 54.1 Å². The molecule has 0 fully saturated rings. The summed E-state index contributed by atoms with van der Waals surface area (Å²) in [6, 6.07) is 17.6. The molecule has 5 aromatic rings. The van der Waals surface area contributed by atoms with Crippen molar-refractivity contribution < 1.29 is 13.6 Å². The van der Waals surface area contributed by atoms with Crippen LogP contribution in [-0.4, -0.2) is 25.8 Å². The first kappa shape index (κ1) is 20.4. The van der Waals surface area contributed by atoms with Crippen LogP contribution in [0.15, 0.2) is 79.1 Å². The Balaban J connectivity index is 1.50. The van der Waals surface area contributed by atoms with Crippen LogP contribution in [0.2, 0.25) is 0 Å². The lowest BCUT2D eigenvalue weighted by Crippen LogP contribution is -2.15. The van der Waals surface area contributed by atoms with Crippen LogP contribution < -0.4 is 5.32 Å². The molecule has 1 amide bonds. The number of rotatable bonds is 5. The number of fused-ring (bicyclic) bond motifs is 1. The Morgan fingerprint density at radius 3 is 2.58 bits per heavy atom. The maximum atomic E-state index is 13.9. The highest BCUT2D eigenvalue weighted by Crippen LogP contribution is 2.36. The van der Waals surface area contributed by atoms with Crippen LogP contribution in [0.25, 0.3) is 33.5 Å². The second-order valence-corrected chi connectivity index (χ2v) is 7.40. The Morgan fingerprint density at radius 1 is 0.939 bits per heavy atom. The first-order chi connectivity index (χ1) is 16.1. The molecule has 4 aromatic heterocycles. The van der Waals surface area contributed by atoms with Gasteiger partial charge in [0.1, 0.15) is 17.2 Å². The van der Waals surface area contributed by atoms with Crippen LogP contribution in [0.4, 0.5) is 14.6 Å². The van der Waals surface area contributed by atoms with Crippen molar-refractivity contribution in [2.45, 2.75) is 6.42 Å². The normalized spacial score (nSPS) is 11.0. The zero-order chi connectivity index (χ0) is 22.8. The number of H-pyrrole nitrogens is 1. The summed E-state index contributed by atoms with van der Waals surface area (Å²) in [5, 5.41) is 2.77. The fraction of sp³-hybridized carbons (Fsp3) is 0.0400. The maximum absolute atomic E-state index is 13.9. The highest BCUT2D eigenvalue weighted by molar-refractivity contribution is 6.01. The number of anilines is 1. The van der Waals surface area contributed by atoms with E-state index in [-0.39, 0.29) is 18.1 Å². The van der Waals surface area contributed by atoms with Crippen molar-refractivity contribution in [3.8, 4) is 22.5 Å². The summed E-state index contributed by atoms with van der Waals surface area (Å²) in [6.45, 7) is 0. The Labute approximate surface area is 187 Å². The number of aromatic nitrogens is 4. The molecule has 0 spiro atoms. The first-order valence-electron chi connectivity index (χ1n) is 10.2. The number of nitrogens with one attached hydrogen (secondary N) is 2. The van der Waals surface area contributed by atoms with Gasteiger partial charge in [0.05, 0.1) is 28.9 Å². The van der Waals surface area contributed by atoms with Gasteiger partial charge in [0.25, 0.3) is 0 Å². The van der Waals surface area contributed by atoms with Crippen molar-refractivity contribution >= 4 is 22.8 Å². The maximum Gasteiger partial charge on any atom is 0.229 e. The van der Waals surface area contributed by atoms with Gasteiger partial charge in [0.15, 0.2) is 0 Å². The van der Waals surface area contributed by atoms with Gasteiger partial charge >= 0.3 is 0 Å². The Hall–Kier alpha value is -4.46. The Kier molecular flexibility index (Phi) is 5.32. The van der Waals surface area contributed by atoms with E-state index < -0.39 is 5.95 Å². The SMILES string of the molecule is O=C(Cc1ccc(F)cc1)Nc1cc(-c2[nH]c3ccc(F)nc3c2-c2ccccn2)ccn1. The number of halogens is 2. The van der Waals surface area contributed by atoms with Gasteiger partial charge in [0.2, 0.25) is 11.9 Å². The van der Waals surface area contributed by atoms with Crippen molar-refractivity contribution in [3.05, 3.63) is 96.5 Å². The third-order valence-electron chi connectivity index (χ3n) is 5.12. The molecule has 8 heteroatoms. The molecule has 0 unspecified atom stereocenters. The van der Waals surface area contributed by atoms with Gasteiger partial charge < -0.3 is 10.3 Å². The molecular weight excluding hydrogens is 424 g/mol. The zero-order valence-corrected chi connectivity index (χ0v) is 17.2. The largest absolute Gasteiger partial charge is 0.353 e. The lowest BCUT2D eigenvalue weighted by atomic mass is 10.0. The number of hydrogen-bond donors (Lipinski definition) is 2. The van der Waals surface area contributed by atoms with Crippen molar-refractivity contribution in [2.24, 2.45) is 0 Å². The van der Waals surface area contributed by atoms with Gasteiger partial charge in [-0.3, -0.25) is 9.78 Å². The molecule has 33 heavy (non-hydrogen) atoms. The van der Waals surface area contributed by atoms with E-state index in [1.807, 2.05) is 12.1 Å². The summed E-state index contributed by atoms with van der Waals surface area (Å²) in [7, 11) is 0. The van der Waals surface area contributed by atoms with E-state index in [0.29, 0.717) is 39.4 Å². The number of amides is 1.